The van der Waals surface area contributed by atoms with Gasteiger partial charge < -0.3 is 14.8 Å². The number of amides is 1. The molecule has 0 saturated heterocycles. The average Bonchev–Trinajstić information content (AvgIpc) is 3.10. The molecule has 33 heavy (non-hydrogen) atoms. The van der Waals surface area contributed by atoms with Crippen LogP contribution in [0.5, 0.6) is 0 Å². The highest BCUT2D eigenvalue weighted by molar-refractivity contribution is 6.15. The predicted octanol–water partition coefficient (Wildman–Crippen LogP) is 4.60. The molecule has 0 radical (unpaired) electrons. The lowest BCUT2D eigenvalue weighted by atomic mass is 10.0. The molecule has 8 heteroatoms. The highest BCUT2D eigenvalue weighted by Crippen LogP contribution is 2.23. The number of alkyl halides is 1. The van der Waals surface area contributed by atoms with Crippen molar-refractivity contribution in [3.63, 3.8) is 0 Å². The van der Waals surface area contributed by atoms with Gasteiger partial charge in [0.05, 0.1) is 26.0 Å². The number of aromatic nitrogens is 1. The molecule has 0 fully saturated rings. The maximum Gasteiger partial charge on any atom is 0.251 e. The molecule has 0 bridgehead atoms. The monoisotopic (exact) mass is 472 g/mol. The molecule has 3 rings (SSSR count). The first-order chi connectivity index (χ1) is 16.0. The van der Waals surface area contributed by atoms with E-state index in [1.54, 1.807) is 56.7 Å². The summed E-state index contributed by atoms with van der Waals surface area (Å²) in [6.45, 7) is 0.0942. The lowest BCUT2D eigenvalue weighted by molar-refractivity contribution is -0.117. The number of halogens is 2. The summed E-state index contributed by atoms with van der Waals surface area (Å²) in [4.78, 5) is 29.6. The number of methoxy groups -OCH3 is 2. The van der Waals surface area contributed by atoms with Gasteiger partial charge in [-0.15, -0.1) is 11.6 Å². The van der Waals surface area contributed by atoms with Gasteiger partial charge in [-0.3, -0.25) is 9.59 Å². The van der Waals surface area contributed by atoms with Crippen LogP contribution in [0.15, 0.2) is 72.0 Å². The van der Waals surface area contributed by atoms with E-state index in [1.807, 2.05) is 6.08 Å². The van der Waals surface area contributed by atoms with Crippen molar-refractivity contribution in [2.75, 3.05) is 27.1 Å². The zero-order valence-electron chi connectivity index (χ0n) is 18.7. The van der Waals surface area contributed by atoms with Gasteiger partial charge in [-0.05, 0) is 55.0 Å². The third kappa shape index (κ3) is 7.37. The number of nitrogens with one attached hydrogen (secondary N) is 1. The second kappa shape index (κ2) is 13.3. The molecule has 1 aromatic carbocycles. The second-order valence-electron chi connectivity index (χ2n) is 6.79. The highest BCUT2D eigenvalue weighted by atomic mass is 35.5. The molecule has 1 N–H and O–H groups in total. The summed E-state index contributed by atoms with van der Waals surface area (Å²) in [5.74, 6) is -0.384. The fourth-order valence-corrected chi connectivity index (χ4v) is 3.06. The molecular formula is C25H26ClFN2O4. The van der Waals surface area contributed by atoms with Crippen molar-refractivity contribution in [1.82, 2.24) is 10.3 Å². The maximum absolute atomic E-state index is 13.3. The minimum atomic E-state index is -0.360. The summed E-state index contributed by atoms with van der Waals surface area (Å²) >= 11 is 4.64. The second-order valence-corrected chi connectivity index (χ2v) is 6.79. The van der Waals surface area contributed by atoms with E-state index in [0.717, 1.165) is 5.56 Å². The summed E-state index contributed by atoms with van der Waals surface area (Å²) in [6.07, 6.45) is 8.98. The van der Waals surface area contributed by atoms with E-state index in [0.29, 0.717) is 35.6 Å². The zero-order chi connectivity index (χ0) is 24.2. The standard InChI is InChI=1S/C24H23FN2O4.CH3Cl/c1-30-15-18-9-13-21(27-23(18)16-6-10-19(25)11-7-16)22(28)14-26-24(29)17-4-3-5-20(31-2)12-8-17;1-2/h4-13H,3,14-15H2,1-2H3,(H,26,29);1H3. The Balaban J connectivity index is 0.00000187. The first kappa shape index (κ1) is 26.0. The molecule has 0 saturated carbocycles. The smallest absolute Gasteiger partial charge is 0.251 e. The first-order valence-corrected chi connectivity index (χ1v) is 10.8. The maximum atomic E-state index is 13.3. The third-order valence-electron chi connectivity index (χ3n) is 4.67. The summed E-state index contributed by atoms with van der Waals surface area (Å²) in [5, 5.41) is 2.63. The average molecular weight is 473 g/mol. The molecule has 1 aromatic heterocycles. The Hall–Kier alpha value is -3.29. The largest absolute Gasteiger partial charge is 0.497 e. The van der Waals surface area contributed by atoms with Crippen LogP contribution in [-0.4, -0.2) is 43.8 Å². The number of allylic oxidation sites excluding steroid dienone is 3. The van der Waals surface area contributed by atoms with Crippen LogP contribution in [0.3, 0.4) is 0 Å². The molecule has 1 amide bonds. The van der Waals surface area contributed by atoms with Crippen LogP contribution in [-0.2, 0) is 20.9 Å². The molecule has 0 unspecified atom stereocenters. The zero-order valence-corrected chi connectivity index (χ0v) is 19.5. The van der Waals surface area contributed by atoms with E-state index in [2.05, 4.69) is 21.9 Å². The lowest BCUT2D eigenvalue weighted by Crippen LogP contribution is -2.30. The van der Waals surface area contributed by atoms with Crippen LogP contribution in [0, 0.1) is 5.82 Å². The minimum absolute atomic E-state index is 0.200. The summed E-state index contributed by atoms with van der Waals surface area (Å²) in [5.41, 5.74) is 2.62. The number of ether oxygens (including phenoxy) is 2. The number of hydrogen-bond acceptors (Lipinski definition) is 5. The Kier molecular flexibility index (Phi) is 10.5. The van der Waals surface area contributed by atoms with E-state index in [9.17, 15) is 14.0 Å². The van der Waals surface area contributed by atoms with E-state index in [4.69, 9.17) is 9.47 Å². The van der Waals surface area contributed by atoms with Crippen molar-refractivity contribution in [2.45, 2.75) is 13.0 Å². The fraction of sp³-hybridized carbons (Fsp3) is 0.240. The molecular weight excluding hydrogens is 447 g/mol. The third-order valence-corrected chi connectivity index (χ3v) is 4.67. The van der Waals surface area contributed by atoms with E-state index in [-0.39, 0.29) is 29.7 Å². The predicted molar refractivity (Wildman–Crippen MR) is 126 cm³/mol. The Labute approximate surface area is 197 Å². The normalized spacial score (nSPS) is 12.5. The van der Waals surface area contributed by atoms with Gasteiger partial charge in [0.15, 0.2) is 5.78 Å². The van der Waals surface area contributed by atoms with Crippen molar-refractivity contribution >= 4 is 23.3 Å². The van der Waals surface area contributed by atoms with Gasteiger partial charge in [-0.2, -0.15) is 0 Å². The molecule has 1 heterocycles. The van der Waals surface area contributed by atoms with Gasteiger partial charge in [0.1, 0.15) is 17.3 Å². The van der Waals surface area contributed by atoms with Gasteiger partial charge >= 0.3 is 0 Å². The van der Waals surface area contributed by atoms with Crippen molar-refractivity contribution in [3.8, 4) is 11.3 Å². The van der Waals surface area contributed by atoms with E-state index >= 15 is 0 Å². The number of hydrogen-bond donors (Lipinski definition) is 1. The Morgan fingerprint density at radius 3 is 2.45 bits per heavy atom. The summed E-state index contributed by atoms with van der Waals surface area (Å²) < 4.78 is 23.7. The Morgan fingerprint density at radius 2 is 1.79 bits per heavy atom. The van der Waals surface area contributed by atoms with Crippen LogP contribution >= 0.6 is 11.6 Å². The van der Waals surface area contributed by atoms with Crippen LogP contribution in [0.4, 0.5) is 4.39 Å². The number of pyridine rings is 1. The van der Waals surface area contributed by atoms with Gasteiger partial charge in [0, 0.05) is 30.2 Å². The number of carbonyl (C=O) groups excluding carboxylic acids is 2. The molecule has 1 aliphatic rings. The highest BCUT2D eigenvalue weighted by Gasteiger charge is 2.15. The quantitative estimate of drug-likeness (QED) is 0.448. The number of carbonyl (C=O) groups is 2. The number of rotatable bonds is 8. The molecule has 174 valence electrons. The minimum Gasteiger partial charge on any atom is -0.497 e. The van der Waals surface area contributed by atoms with Crippen LogP contribution in [0.1, 0.15) is 22.5 Å². The SMILES string of the molecule is CCl.COCc1ccc(C(=O)CNC(=O)C2=CCC=C(OC)C=C2)nc1-c1ccc(F)cc1. The lowest BCUT2D eigenvalue weighted by Gasteiger charge is -2.11. The number of ketones is 1. The topological polar surface area (TPSA) is 77.5 Å². The van der Waals surface area contributed by atoms with Gasteiger partial charge in [0.25, 0.3) is 5.91 Å². The van der Waals surface area contributed by atoms with Crippen molar-refractivity contribution in [3.05, 3.63) is 89.1 Å². The van der Waals surface area contributed by atoms with E-state index < -0.39 is 0 Å². The van der Waals surface area contributed by atoms with Gasteiger partial charge in [0.2, 0.25) is 0 Å². The van der Waals surface area contributed by atoms with Gasteiger partial charge in [-0.25, -0.2) is 9.37 Å². The molecule has 1 aliphatic carbocycles. The van der Waals surface area contributed by atoms with Crippen molar-refractivity contribution < 1.29 is 23.5 Å². The molecule has 2 aromatic rings. The van der Waals surface area contributed by atoms with Crippen LogP contribution in [0.25, 0.3) is 11.3 Å². The van der Waals surface area contributed by atoms with Gasteiger partial charge in [-0.1, -0.05) is 12.1 Å². The summed E-state index contributed by atoms with van der Waals surface area (Å²) in [6, 6.07) is 9.20. The Bertz CT molecular complexity index is 1060. The van der Waals surface area contributed by atoms with Crippen LogP contribution in [0.2, 0.25) is 0 Å². The first-order valence-electron chi connectivity index (χ1n) is 10.1. The number of Topliss-reactive ketones (excluding diaryl/α,β-unsaturated/α-hetero) is 1. The van der Waals surface area contributed by atoms with Crippen LogP contribution < -0.4 is 5.32 Å². The van der Waals surface area contributed by atoms with E-state index in [1.165, 1.54) is 18.5 Å². The van der Waals surface area contributed by atoms with Crippen molar-refractivity contribution in [2.24, 2.45) is 0 Å². The number of benzene rings is 1. The molecule has 0 spiro atoms. The molecule has 0 aliphatic heterocycles. The number of nitrogens with zero attached hydrogens (tertiary/aromatic N) is 1. The molecule has 0 atom stereocenters. The summed E-state index contributed by atoms with van der Waals surface area (Å²) in [7, 11) is 3.12. The Morgan fingerprint density at radius 1 is 1.06 bits per heavy atom. The molecule has 6 nitrogen and oxygen atoms in total. The fourth-order valence-electron chi connectivity index (χ4n) is 3.06. The van der Waals surface area contributed by atoms with Crippen molar-refractivity contribution in [1.29, 1.82) is 0 Å².